The number of hydrogen-bond donors (Lipinski definition) is 0. The summed E-state index contributed by atoms with van der Waals surface area (Å²) in [6.45, 7) is 6.99. The van der Waals surface area contributed by atoms with E-state index >= 15 is 0 Å². The molecule has 2 radical (unpaired) electrons. The van der Waals surface area contributed by atoms with Crippen molar-refractivity contribution in [2.24, 2.45) is 0 Å². The molecule has 2 heteroatoms. The van der Waals surface area contributed by atoms with Gasteiger partial charge in [-0.25, -0.2) is 0 Å². The van der Waals surface area contributed by atoms with E-state index in [-0.39, 0.29) is 17.2 Å². The van der Waals surface area contributed by atoms with Crippen LogP contribution in [0, 0.1) is 10.4 Å². The van der Waals surface area contributed by atoms with Gasteiger partial charge in [-0.3, -0.25) is 0 Å². The summed E-state index contributed by atoms with van der Waals surface area (Å²) in [5, 5.41) is 0. The Bertz CT molecular complexity index is 172. The zero-order valence-electron chi connectivity index (χ0n) is 11.4. The Balaban J connectivity index is 4.39. The molecule has 0 aliphatic rings. The van der Waals surface area contributed by atoms with Gasteiger partial charge in [0.25, 0.3) is 0 Å². The molecule has 0 unspecified atom stereocenters. The van der Waals surface area contributed by atoms with Gasteiger partial charge in [-0.15, -0.1) is 0 Å². The van der Waals surface area contributed by atoms with Crippen molar-refractivity contribution in [3.63, 3.8) is 0 Å². The van der Waals surface area contributed by atoms with Gasteiger partial charge in [-0.05, 0) is 0 Å². The van der Waals surface area contributed by atoms with Gasteiger partial charge < -0.3 is 0 Å². The molecule has 92 valence electrons. The first-order valence-electron chi connectivity index (χ1n) is 6.97. The van der Waals surface area contributed by atoms with E-state index in [0.29, 0.717) is 0 Å². The van der Waals surface area contributed by atoms with Crippen LogP contribution in [-0.4, -0.2) is 31.6 Å². The molecular weight excluding hydrogens is 406 g/mol. The molecule has 16 heavy (non-hydrogen) atoms. The van der Waals surface area contributed by atoms with Crippen molar-refractivity contribution in [3.8, 4) is 10.4 Å². The van der Waals surface area contributed by atoms with E-state index < -0.39 is 14.4 Å². The molecule has 0 saturated heterocycles. The van der Waals surface area contributed by atoms with Crippen LogP contribution in [0.4, 0.5) is 0 Å². The van der Waals surface area contributed by atoms with Crippen molar-refractivity contribution in [1.82, 2.24) is 0 Å². The molecule has 0 fully saturated rings. The van der Waals surface area contributed by atoms with E-state index in [1.54, 1.807) is 13.3 Å². The monoisotopic (exact) mass is 436 g/mol. The van der Waals surface area contributed by atoms with Crippen molar-refractivity contribution in [1.29, 1.82) is 0 Å². The van der Waals surface area contributed by atoms with E-state index in [1.165, 1.54) is 38.5 Å². The fraction of sp³-hybridized carbons (Fsp3) is 0.857. The zero-order chi connectivity index (χ0) is 12.3. The quantitative estimate of drug-likeness (QED) is 0.348. The van der Waals surface area contributed by atoms with Gasteiger partial charge in [0.05, 0.1) is 0 Å². The Hall–Kier alpha value is 1.16. The van der Waals surface area contributed by atoms with Gasteiger partial charge in [-0.1, -0.05) is 0 Å². The fourth-order valence-electron chi connectivity index (χ4n) is 2.26. The van der Waals surface area contributed by atoms with E-state index in [0.717, 1.165) is 0 Å². The van der Waals surface area contributed by atoms with Gasteiger partial charge >= 0.3 is 115 Å². The fourth-order valence-corrected chi connectivity index (χ4v) is 38.4. The van der Waals surface area contributed by atoms with Crippen molar-refractivity contribution < 1.29 is 0 Å². The van der Waals surface area contributed by atoms with E-state index in [9.17, 15) is 0 Å². The Morgan fingerprint density at radius 3 is 1.50 bits per heavy atom. The normalized spacial score (nSPS) is 11.4. The minimum atomic E-state index is -1.73. The van der Waals surface area contributed by atoms with Crippen LogP contribution < -0.4 is 0 Å². The van der Waals surface area contributed by atoms with E-state index in [2.05, 4.69) is 24.7 Å². The predicted octanol–water partition coefficient (Wildman–Crippen LogP) is 4.63. The summed E-state index contributed by atoms with van der Waals surface area (Å²) in [6.07, 6.45) is 14.3. The zero-order valence-corrected chi connectivity index (χ0v) is 17.1. The van der Waals surface area contributed by atoms with Crippen LogP contribution in [0.25, 0.3) is 0 Å². The van der Waals surface area contributed by atoms with Gasteiger partial charge in [-0.2, -0.15) is 0 Å². The molecule has 0 aromatic heterocycles. The molecule has 0 spiro atoms. The molecule has 0 aliphatic heterocycles. The molecule has 0 aliphatic carbocycles. The van der Waals surface area contributed by atoms with E-state index in [1.807, 2.05) is 0 Å². The van der Waals surface area contributed by atoms with Gasteiger partial charge in [0.15, 0.2) is 0 Å². The van der Waals surface area contributed by atoms with Crippen LogP contribution in [0.2, 0.25) is 13.3 Å². The molecular formula is C14H28Sn2. The third kappa shape index (κ3) is 7.48. The van der Waals surface area contributed by atoms with E-state index in [4.69, 9.17) is 6.42 Å². The maximum atomic E-state index is 5.71. The number of rotatable bonds is 10. The first-order chi connectivity index (χ1) is 7.74. The van der Waals surface area contributed by atoms with Crippen LogP contribution in [0.5, 0.6) is 0 Å². The molecule has 0 nitrogen and oxygen atoms in total. The second kappa shape index (κ2) is 11.3. The average Bonchev–Trinajstić information content (AvgIpc) is 2.31. The summed E-state index contributed by atoms with van der Waals surface area (Å²) < 4.78 is 8.08. The number of unbranched alkanes of at least 4 members (excludes halogenated alkanes) is 3. The Morgan fingerprint density at radius 1 is 0.875 bits per heavy atom. The van der Waals surface area contributed by atoms with Crippen LogP contribution in [0.1, 0.15) is 59.3 Å². The molecule has 0 atom stereocenters. The standard InChI is InChI=1S/3C4H9.C2H.2Sn/c3*1-3-4-2;1-2;;/h3*1,3-4H2,2H3;1H;;. The van der Waals surface area contributed by atoms with Gasteiger partial charge in [0, 0.05) is 0 Å². The third-order valence-corrected chi connectivity index (χ3v) is 43.8. The summed E-state index contributed by atoms with van der Waals surface area (Å²) in [5.74, 6) is 0. The summed E-state index contributed by atoms with van der Waals surface area (Å²) in [4.78, 5) is 0. The second-order valence-electron chi connectivity index (χ2n) is 4.86. The van der Waals surface area contributed by atoms with Crippen molar-refractivity contribution >= 4 is 31.6 Å². The molecule has 0 N–H and O–H groups in total. The van der Waals surface area contributed by atoms with Crippen LogP contribution in [0.3, 0.4) is 0 Å². The first kappa shape index (κ1) is 17.2. The Labute approximate surface area is 114 Å². The van der Waals surface area contributed by atoms with Gasteiger partial charge in [0.1, 0.15) is 0 Å². The summed E-state index contributed by atoms with van der Waals surface area (Å²) in [7, 11) is 0. The SMILES string of the molecule is C#[C][Sn][Sn]([CH2]CCC)([CH2]CCC)[CH2]CCC. The van der Waals surface area contributed by atoms with Crippen molar-refractivity contribution in [2.75, 3.05) is 0 Å². The molecule has 0 rings (SSSR count). The molecule has 0 saturated carbocycles. The van der Waals surface area contributed by atoms with Gasteiger partial charge in [0.2, 0.25) is 0 Å². The Kier molecular flexibility index (Phi) is 12.1. The topological polar surface area (TPSA) is 0 Å². The number of terminal acetylenes is 1. The van der Waals surface area contributed by atoms with Crippen molar-refractivity contribution in [2.45, 2.75) is 72.6 Å². The number of hydrogen-bond acceptors (Lipinski definition) is 0. The van der Waals surface area contributed by atoms with Crippen LogP contribution in [0.15, 0.2) is 0 Å². The van der Waals surface area contributed by atoms with Crippen molar-refractivity contribution in [3.05, 3.63) is 0 Å². The molecule has 0 heterocycles. The average molecular weight is 434 g/mol. The predicted molar refractivity (Wildman–Crippen MR) is 79.5 cm³/mol. The first-order valence-corrected chi connectivity index (χ1v) is 25.5. The second-order valence-corrected chi connectivity index (χ2v) is 43.1. The molecule has 0 aromatic rings. The third-order valence-electron chi connectivity index (χ3n) is 3.36. The molecule has 0 aromatic carbocycles. The summed E-state index contributed by atoms with van der Waals surface area (Å²) in [5.41, 5.74) is 0. The van der Waals surface area contributed by atoms with Crippen LogP contribution >= 0.6 is 0 Å². The maximum absolute atomic E-state index is 5.71. The summed E-state index contributed by atoms with van der Waals surface area (Å²) >= 11 is -2.11. The Morgan fingerprint density at radius 2 is 1.25 bits per heavy atom. The van der Waals surface area contributed by atoms with Crippen LogP contribution in [-0.2, 0) is 0 Å². The minimum absolute atomic E-state index is 0.385. The molecule has 0 amide bonds. The summed E-state index contributed by atoms with van der Waals surface area (Å²) in [6, 6.07) is 0. The molecule has 0 bridgehead atoms.